The Labute approximate surface area is 124 Å². The van der Waals surface area contributed by atoms with Gasteiger partial charge in [-0.1, -0.05) is 26.7 Å². The number of hydrogen-bond acceptors (Lipinski definition) is 3. The highest BCUT2D eigenvalue weighted by Gasteiger charge is 2.29. The molecule has 21 heavy (non-hydrogen) atoms. The highest BCUT2D eigenvalue weighted by Crippen LogP contribution is 2.24. The van der Waals surface area contributed by atoms with E-state index in [4.69, 9.17) is 9.52 Å². The molecule has 116 valence electrons. The van der Waals surface area contributed by atoms with Gasteiger partial charge in [-0.25, -0.2) is 4.79 Å². The van der Waals surface area contributed by atoms with Gasteiger partial charge >= 0.3 is 5.97 Å². The first-order valence-corrected chi connectivity index (χ1v) is 7.63. The third kappa shape index (κ3) is 3.86. The molecule has 1 aromatic heterocycles. The van der Waals surface area contributed by atoms with E-state index in [0.29, 0.717) is 5.92 Å². The second kappa shape index (κ2) is 6.78. The maximum atomic E-state index is 12.6. The Hall–Kier alpha value is -1.78. The summed E-state index contributed by atoms with van der Waals surface area (Å²) in [6.07, 6.45) is 5.25. The van der Waals surface area contributed by atoms with Crippen molar-refractivity contribution in [2.24, 2.45) is 5.92 Å². The molecule has 2 heterocycles. The zero-order valence-corrected chi connectivity index (χ0v) is 12.7. The molecule has 2 rings (SSSR count). The number of likely N-dealkylation sites (tertiary alicyclic amines) is 1. The molecule has 0 aliphatic carbocycles. The molecule has 1 N–H and O–H groups in total. The van der Waals surface area contributed by atoms with E-state index in [1.165, 1.54) is 12.1 Å². The molecule has 0 saturated carbocycles. The molecule has 1 atom stereocenters. The molecular weight excluding hydrogens is 270 g/mol. The SMILES string of the molecule is CC(C)CC1CCCCCN1C(=O)c1ccc(C(=O)O)o1. The molecule has 5 nitrogen and oxygen atoms in total. The second-order valence-electron chi connectivity index (χ2n) is 6.10. The van der Waals surface area contributed by atoms with Crippen LogP contribution in [0.2, 0.25) is 0 Å². The number of carboxylic acid groups (broad SMARTS) is 1. The quantitative estimate of drug-likeness (QED) is 0.923. The fourth-order valence-electron chi connectivity index (χ4n) is 2.94. The van der Waals surface area contributed by atoms with Crippen molar-refractivity contribution in [1.82, 2.24) is 4.90 Å². The van der Waals surface area contributed by atoms with E-state index in [9.17, 15) is 9.59 Å². The van der Waals surface area contributed by atoms with Gasteiger partial charge in [0.25, 0.3) is 5.91 Å². The van der Waals surface area contributed by atoms with Gasteiger partial charge in [0.05, 0.1) is 0 Å². The van der Waals surface area contributed by atoms with Gasteiger partial charge in [-0.2, -0.15) is 0 Å². The summed E-state index contributed by atoms with van der Waals surface area (Å²) in [6.45, 7) is 5.03. The molecule has 1 aromatic rings. The van der Waals surface area contributed by atoms with Crippen LogP contribution in [0.15, 0.2) is 16.5 Å². The molecule has 1 aliphatic heterocycles. The summed E-state index contributed by atoms with van der Waals surface area (Å²) in [5.74, 6) is -0.870. The summed E-state index contributed by atoms with van der Waals surface area (Å²) < 4.78 is 5.16. The van der Waals surface area contributed by atoms with E-state index >= 15 is 0 Å². The lowest BCUT2D eigenvalue weighted by atomic mass is 9.98. The first-order valence-electron chi connectivity index (χ1n) is 7.63. The summed E-state index contributed by atoms with van der Waals surface area (Å²) in [7, 11) is 0. The molecule has 0 spiro atoms. The van der Waals surface area contributed by atoms with Crippen LogP contribution in [0.3, 0.4) is 0 Å². The van der Waals surface area contributed by atoms with Crippen LogP contribution < -0.4 is 0 Å². The molecule has 0 aromatic carbocycles. The number of carbonyl (C=O) groups is 2. The van der Waals surface area contributed by atoms with Crippen LogP contribution in [0.5, 0.6) is 0 Å². The van der Waals surface area contributed by atoms with Crippen LogP contribution in [0.25, 0.3) is 0 Å². The van der Waals surface area contributed by atoms with Gasteiger partial charge in [0.2, 0.25) is 5.76 Å². The van der Waals surface area contributed by atoms with Crippen molar-refractivity contribution in [3.8, 4) is 0 Å². The third-order valence-corrected chi connectivity index (χ3v) is 3.91. The van der Waals surface area contributed by atoms with Crippen LogP contribution in [0, 0.1) is 5.92 Å². The number of furan rings is 1. The zero-order valence-electron chi connectivity index (χ0n) is 12.7. The van der Waals surface area contributed by atoms with Crippen LogP contribution in [0.1, 0.15) is 67.1 Å². The summed E-state index contributed by atoms with van der Waals surface area (Å²) >= 11 is 0. The lowest BCUT2D eigenvalue weighted by molar-refractivity contribution is 0.0610. The van der Waals surface area contributed by atoms with Crippen molar-refractivity contribution in [2.75, 3.05) is 6.54 Å². The summed E-state index contributed by atoms with van der Waals surface area (Å²) in [5, 5.41) is 8.89. The Morgan fingerprint density at radius 1 is 1.29 bits per heavy atom. The number of nitrogens with zero attached hydrogens (tertiary/aromatic N) is 1. The average Bonchev–Trinajstić information content (AvgIpc) is 2.80. The van der Waals surface area contributed by atoms with Crippen molar-refractivity contribution in [1.29, 1.82) is 0 Å². The normalized spacial score (nSPS) is 19.6. The Morgan fingerprint density at radius 2 is 2.00 bits per heavy atom. The predicted octanol–water partition coefficient (Wildman–Crippen LogP) is 3.41. The lowest BCUT2D eigenvalue weighted by Crippen LogP contribution is -2.40. The lowest BCUT2D eigenvalue weighted by Gasteiger charge is -2.30. The van der Waals surface area contributed by atoms with Crippen molar-refractivity contribution in [3.05, 3.63) is 23.7 Å². The number of amides is 1. The fraction of sp³-hybridized carbons (Fsp3) is 0.625. The van der Waals surface area contributed by atoms with E-state index in [2.05, 4.69) is 13.8 Å². The summed E-state index contributed by atoms with van der Waals surface area (Å²) in [4.78, 5) is 25.4. The Morgan fingerprint density at radius 3 is 2.62 bits per heavy atom. The van der Waals surface area contributed by atoms with E-state index in [-0.39, 0.29) is 23.5 Å². The van der Waals surface area contributed by atoms with E-state index < -0.39 is 5.97 Å². The monoisotopic (exact) mass is 293 g/mol. The molecule has 1 amide bonds. The molecule has 1 aliphatic rings. The fourth-order valence-corrected chi connectivity index (χ4v) is 2.94. The van der Waals surface area contributed by atoms with Crippen LogP contribution in [-0.2, 0) is 0 Å². The largest absolute Gasteiger partial charge is 0.475 e. The second-order valence-corrected chi connectivity index (χ2v) is 6.10. The van der Waals surface area contributed by atoms with Crippen molar-refractivity contribution < 1.29 is 19.1 Å². The number of carbonyl (C=O) groups excluding carboxylic acids is 1. The maximum absolute atomic E-state index is 12.6. The number of aromatic carboxylic acids is 1. The Kier molecular flexibility index (Phi) is 5.04. The van der Waals surface area contributed by atoms with Gasteiger partial charge in [-0.15, -0.1) is 0 Å². The van der Waals surface area contributed by atoms with Crippen molar-refractivity contribution in [2.45, 2.75) is 52.0 Å². The van der Waals surface area contributed by atoms with Gasteiger partial charge in [0, 0.05) is 12.6 Å². The minimum absolute atomic E-state index is 0.128. The zero-order chi connectivity index (χ0) is 15.4. The number of hydrogen-bond donors (Lipinski definition) is 1. The smallest absolute Gasteiger partial charge is 0.371 e. The minimum atomic E-state index is -1.15. The van der Waals surface area contributed by atoms with Gasteiger partial charge in [-0.3, -0.25) is 4.79 Å². The molecular formula is C16H23NO4. The Bertz CT molecular complexity index is 506. The number of carboxylic acids is 1. The number of rotatable bonds is 4. The topological polar surface area (TPSA) is 70.8 Å². The van der Waals surface area contributed by atoms with E-state index in [1.807, 2.05) is 4.90 Å². The highest BCUT2D eigenvalue weighted by atomic mass is 16.4. The first-order chi connectivity index (χ1) is 9.99. The average molecular weight is 293 g/mol. The molecule has 1 fully saturated rings. The molecule has 0 radical (unpaired) electrons. The van der Waals surface area contributed by atoms with Crippen LogP contribution in [-0.4, -0.2) is 34.5 Å². The van der Waals surface area contributed by atoms with Gasteiger partial charge in [0.15, 0.2) is 5.76 Å². The molecule has 1 saturated heterocycles. The van der Waals surface area contributed by atoms with Crippen LogP contribution in [0.4, 0.5) is 0 Å². The van der Waals surface area contributed by atoms with Gasteiger partial charge < -0.3 is 14.4 Å². The first kappa shape index (κ1) is 15.6. The standard InChI is InChI=1S/C16H23NO4/c1-11(2)10-12-6-4-3-5-9-17(12)15(18)13-7-8-14(21-13)16(19)20/h7-8,11-12H,3-6,9-10H2,1-2H3,(H,19,20). The molecule has 1 unspecified atom stereocenters. The molecule has 5 heteroatoms. The van der Waals surface area contributed by atoms with Gasteiger partial charge in [0.1, 0.15) is 0 Å². The maximum Gasteiger partial charge on any atom is 0.371 e. The predicted molar refractivity (Wildman–Crippen MR) is 78.4 cm³/mol. The molecule has 0 bridgehead atoms. The third-order valence-electron chi connectivity index (χ3n) is 3.91. The minimum Gasteiger partial charge on any atom is -0.475 e. The van der Waals surface area contributed by atoms with Crippen molar-refractivity contribution in [3.63, 3.8) is 0 Å². The summed E-state index contributed by atoms with van der Waals surface area (Å²) in [5.41, 5.74) is 0. The van der Waals surface area contributed by atoms with Gasteiger partial charge in [-0.05, 0) is 37.3 Å². The van der Waals surface area contributed by atoms with Crippen LogP contribution >= 0.6 is 0 Å². The van der Waals surface area contributed by atoms with E-state index in [1.54, 1.807) is 0 Å². The summed E-state index contributed by atoms with van der Waals surface area (Å²) in [6, 6.07) is 3.02. The van der Waals surface area contributed by atoms with Crippen molar-refractivity contribution >= 4 is 11.9 Å². The van der Waals surface area contributed by atoms with E-state index in [0.717, 1.165) is 38.6 Å². The highest BCUT2D eigenvalue weighted by molar-refractivity contribution is 5.93. The Balaban J connectivity index is 2.17.